The lowest BCUT2D eigenvalue weighted by Gasteiger charge is -2.08. The number of halogens is 3. The normalized spacial score (nSPS) is 12.7. The van der Waals surface area contributed by atoms with Gasteiger partial charge in [0.2, 0.25) is 0 Å². The van der Waals surface area contributed by atoms with Crippen molar-refractivity contribution in [3.05, 3.63) is 45.2 Å². The number of nitrogens with one attached hydrogen (secondary N) is 1. The molecule has 0 bridgehead atoms. The molecule has 128 valence electrons. The summed E-state index contributed by atoms with van der Waals surface area (Å²) in [7, 11) is 2.24. The summed E-state index contributed by atoms with van der Waals surface area (Å²) in [5.41, 5.74) is -2.52. The number of nitrogens with zero attached hydrogens (tertiary/aromatic N) is 1. The summed E-state index contributed by atoms with van der Waals surface area (Å²) in [5.74, 6) is -1.16. The minimum Gasteiger partial charge on any atom is -0.497 e. The highest BCUT2D eigenvalue weighted by atomic mass is 19.4. The monoisotopic (exact) mass is 342 g/mol. The van der Waals surface area contributed by atoms with Crippen LogP contribution >= 0.6 is 0 Å². The second kappa shape index (κ2) is 6.26. The Morgan fingerprint density at radius 1 is 1.21 bits per heavy atom. The molecule has 0 spiro atoms. The first-order valence-corrected chi connectivity index (χ1v) is 6.55. The third-order valence-corrected chi connectivity index (χ3v) is 3.22. The Balaban J connectivity index is 2.81. The van der Waals surface area contributed by atoms with Crippen molar-refractivity contribution < 1.29 is 27.4 Å². The van der Waals surface area contributed by atoms with Crippen molar-refractivity contribution in [1.29, 1.82) is 0 Å². The van der Waals surface area contributed by atoms with Gasteiger partial charge in [0.25, 0.3) is 5.56 Å². The summed E-state index contributed by atoms with van der Waals surface area (Å²) in [6, 6.07) is 5.98. The number of aromatic amines is 1. The average molecular weight is 342 g/mol. The Bertz CT molecular complexity index is 924. The van der Waals surface area contributed by atoms with Crippen LogP contribution in [0.15, 0.2) is 29.1 Å². The predicted molar refractivity (Wildman–Crippen MR) is 79.2 cm³/mol. The number of ether oxygens (including phenoxy) is 2. The van der Waals surface area contributed by atoms with Crippen LogP contribution in [0.4, 0.5) is 13.2 Å². The van der Waals surface area contributed by atoms with Crippen LogP contribution in [0.3, 0.4) is 0 Å². The first-order chi connectivity index (χ1) is 11.2. The van der Waals surface area contributed by atoms with E-state index in [0.717, 1.165) is 11.8 Å². The van der Waals surface area contributed by atoms with E-state index in [1.165, 1.54) is 31.4 Å². The Hall–Kier alpha value is -2.97. The van der Waals surface area contributed by atoms with Gasteiger partial charge in [0, 0.05) is 0 Å². The summed E-state index contributed by atoms with van der Waals surface area (Å²) in [5, 5.41) is 1.18. The Morgan fingerprint density at radius 3 is 2.25 bits per heavy atom. The van der Waals surface area contributed by atoms with E-state index in [-0.39, 0.29) is 11.0 Å². The largest absolute Gasteiger partial charge is 0.497 e. The molecule has 0 fully saturated rings. The zero-order chi connectivity index (χ0) is 18.1. The summed E-state index contributed by atoms with van der Waals surface area (Å²) in [4.78, 5) is 23.9. The molecule has 0 aliphatic carbocycles. The van der Waals surface area contributed by atoms with E-state index in [9.17, 15) is 22.8 Å². The summed E-state index contributed by atoms with van der Waals surface area (Å²) < 4.78 is 49.5. The van der Waals surface area contributed by atoms with Gasteiger partial charge in [0.15, 0.2) is 5.57 Å². The van der Waals surface area contributed by atoms with E-state index in [4.69, 9.17) is 4.74 Å². The van der Waals surface area contributed by atoms with Gasteiger partial charge in [-0.1, -0.05) is 6.58 Å². The van der Waals surface area contributed by atoms with Gasteiger partial charge in [-0.2, -0.15) is 13.2 Å². The van der Waals surface area contributed by atoms with Crippen molar-refractivity contribution in [2.75, 3.05) is 14.2 Å². The first-order valence-electron chi connectivity index (χ1n) is 6.55. The van der Waals surface area contributed by atoms with Crippen LogP contribution in [0.5, 0.6) is 5.75 Å². The zero-order valence-corrected chi connectivity index (χ0v) is 12.7. The van der Waals surface area contributed by atoms with E-state index in [0.29, 0.717) is 5.75 Å². The van der Waals surface area contributed by atoms with Crippen molar-refractivity contribution in [3.8, 4) is 11.4 Å². The molecule has 2 rings (SSSR count). The number of esters is 1. The molecule has 0 radical (unpaired) electrons. The fourth-order valence-electron chi connectivity index (χ4n) is 2.12. The molecule has 0 aliphatic heterocycles. The molecule has 1 aromatic carbocycles. The molecule has 0 saturated carbocycles. The Kier molecular flexibility index (Phi) is 4.54. The van der Waals surface area contributed by atoms with E-state index < -0.39 is 28.5 Å². The molecule has 0 unspecified atom stereocenters. The van der Waals surface area contributed by atoms with Gasteiger partial charge < -0.3 is 9.47 Å². The smallest absolute Gasteiger partial charge is 0.424 e. The molecule has 0 aliphatic rings. The summed E-state index contributed by atoms with van der Waals surface area (Å²) >= 11 is 0. The number of methoxy groups -OCH3 is 2. The second-order valence-corrected chi connectivity index (χ2v) is 4.67. The number of alkyl halides is 3. The third kappa shape index (κ3) is 3.05. The molecule has 0 saturated heterocycles. The fraction of sp³-hybridized carbons (Fsp3) is 0.200. The van der Waals surface area contributed by atoms with Crippen LogP contribution in [0.2, 0.25) is 0 Å². The van der Waals surface area contributed by atoms with Crippen LogP contribution in [-0.2, 0) is 9.53 Å². The number of hydrogen-bond acceptors (Lipinski definition) is 4. The second-order valence-electron chi connectivity index (χ2n) is 4.67. The van der Waals surface area contributed by atoms with Gasteiger partial charge in [0.1, 0.15) is 5.75 Å². The maximum absolute atomic E-state index is 13.2. The highest BCUT2D eigenvalue weighted by molar-refractivity contribution is 6.11. The van der Waals surface area contributed by atoms with E-state index in [1.807, 2.05) is 0 Å². The van der Waals surface area contributed by atoms with Crippen LogP contribution in [-0.4, -0.2) is 36.1 Å². The number of carbonyl (C=O) groups excluding carboxylic acids is 1. The van der Waals surface area contributed by atoms with Gasteiger partial charge in [-0.05, 0) is 24.3 Å². The van der Waals surface area contributed by atoms with Crippen molar-refractivity contribution in [1.82, 2.24) is 9.78 Å². The molecular formula is C15H13F3N2O4. The van der Waals surface area contributed by atoms with Gasteiger partial charge in [-0.3, -0.25) is 9.89 Å². The van der Waals surface area contributed by atoms with Crippen molar-refractivity contribution in [2.45, 2.75) is 6.18 Å². The van der Waals surface area contributed by atoms with Crippen molar-refractivity contribution in [2.24, 2.45) is 0 Å². The molecule has 2 aromatic rings. The van der Waals surface area contributed by atoms with Crippen LogP contribution in [0, 0.1) is 0 Å². The first kappa shape index (κ1) is 17.4. The SMILES string of the molecule is C=c1[nH]n(-c2ccc(OC)cc2)c(=O)c1=C(C(=O)OC)C(F)(F)F. The number of carbonyl (C=O) groups is 1. The van der Waals surface area contributed by atoms with Gasteiger partial charge in [0.05, 0.1) is 30.5 Å². The average Bonchev–Trinajstić information content (AvgIpc) is 2.82. The quantitative estimate of drug-likeness (QED) is 0.823. The fourth-order valence-corrected chi connectivity index (χ4v) is 2.12. The van der Waals surface area contributed by atoms with E-state index >= 15 is 0 Å². The van der Waals surface area contributed by atoms with Gasteiger partial charge >= 0.3 is 12.1 Å². The molecule has 6 nitrogen and oxygen atoms in total. The van der Waals surface area contributed by atoms with E-state index in [1.54, 1.807) is 0 Å². The summed E-state index contributed by atoms with van der Waals surface area (Å²) in [6.07, 6.45) is -5.07. The standard InChI is InChI=1S/C15H13F3N2O4/c1-8-11(12(14(22)24-3)15(16,17)18)13(21)20(19-8)9-4-6-10(23-2)7-5-9/h4-7,19H,1H2,2-3H3. The Morgan fingerprint density at radius 2 is 1.79 bits per heavy atom. The molecule has 24 heavy (non-hydrogen) atoms. The minimum atomic E-state index is -5.07. The highest BCUT2D eigenvalue weighted by Gasteiger charge is 2.41. The molecule has 0 atom stereocenters. The molecule has 9 heteroatoms. The molecule has 1 heterocycles. The lowest BCUT2D eigenvalue weighted by molar-refractivity contribution is -0.140. The summed E-state index contributed by atoms with van der Waals surface area (Å²) in [6.45, 7) is 3.38. The minimum absolute atomic E-state index is 0.253. The maximum atomic E-state index is 13.2. The predicted octanol–water partition coefficient (Wildman–Crippen LogP) is 0.470. The number of hydrogen-bond donors (Lipinski definition) is 1. The van der Waals surface area contributed by atoms with Crippen LogP contribution in [0.25, 0.3) is 17.8 Å². The molecule has 1 aromatic heterocycles. The third-order valence-electron chi connectivity index (χ3n) is 3.22. The van der Waals surface area contributed by atoms with Gasteiger partial charge in [-0.25, -0.2) is 9.48 Å². The van der Waals surface area contributed by atoms with Crippen molar-refractivity contribution >= 4 is 18.1 Å². The number of rotatable bonds is 3. The zero-order valence-electron chi connectivity index (χ0n) is 12.7. The molecule has 0 amide bonds. The highest BCUT2D eigenvalue weighted by Crippen LogP contribution is 2.26. The Labute approximate surface area is 133 Å². The molecule has 1 N–H and O–H groups in total. The van der Waals surface area contributed by atoms with Gasteiger partial charge in [-0.15, -0.1) is 0 Å². The maximum Gasteiger partial charge on any atom is 0.424 e. The van der Waals surface area contributed by atoms with Crippen LogP contribution < -0.4 is 20.9 Å². The van der Waals surface area contributed by atoms with Crippen LogP contribution in [0.1, 0.15) is 0 Å². The van der Waals surface area contributed by atoms with Crippen molar-refractivity contribution in [3.63, 3.8) is 0 Å². The van der Waals surface area contributed by atoms with E-state index in [2.05, 4.69) is 16.4 Å². The lowest BCUT2D eigenvalue weighted by atomic mass is 10.2. The number of benzene rings is 1. The lowest BCUT2D eigenvalue weighted by Crippen LogP contribution is -2.42. The topological polar surface area (TPSA) is 73.3 Å². The number of H-pyrrole nitrogens is 1. The molecular weight excluding hydrogens is 329 g/mol. The number of aromatic nitrogens is 2.